The Morgan fingerprint density at radius 3 is 1.37 bits per heavy atom. The molecule has 0 aliphatic heterocycles. The summed E-state index contributed by atoms with van der Waals surface area (Å²) in [7, 11) is 0. The van der Waals surface area contributed by atoms with Crippen molar-refractivity contribution in [3.63, 3.8) is 0 Å². The number of rotatable bonds is 14. The second-order valence-corrected chi connectivity index (χ2v) is 7.65. The van der Waals surface area contributed by atoms with Gasteiger partial charge in [0, 0.05) is 11.1 Å². The highest BCUT2D eigenvalue weighted by Gasteiger charge is 2.27. The van der Waals surface area contributed by atoms with Gasteiger partial charge < -0.3 is 4.48 Å². The third kappa shape index (κ3) is 7.97. The van der Waals surface area contributed by atoms with E-state index in [4.69, 9.17) is 0 Å². The first-order valence-corrected chi connectivity index (χ1v) is 10.4. The van der Waals surface area contributed by atoms with Crippen LogP contribution in [-0.2, 0) is 13.1 Å². The molecule has 0 saturated carbocycles. The maximum Gasteiger partial charge on any atom is 0.105 e. The van der Waals surface area contributed by atoms with E-state index in [0.717, 1.165) is 30.4 Å². The Kier molecular flexibility index (Phi) is 9.65. The third-order valence-electron chi connectivity index (χ3n) is 5.30. The molecule has 0 aliphatic rings. The molecule has 0 radical (unpaired) electrons. The van der Waals surface area contributed by atoms with Crippen molar-refractivity contribution < 1.29 is 4.48 Å². The molecule has 0 fully saturated rings. The molecule has 0 saturated heterocycles. The second-order valence-electron chi connectivity index (χ2n) is 7.65. The number of hydrogen-bond donors (Lipinski definition) is 0. The van der Waals surface area contributed by atoms with E-state index in [-0.39, 0.29) is 0 Å². The lowest BCUT2D eigenvalue weighted by Gasteiger charge is -2.39. The Labute approximate surface area is 166 Å². The van der Waals surface area contributed by atoms with Crippen molar-refractivity contribution in [2.45, 2.75) is 51.6 Å². The zero-order valence-corrected chi connectivity index (χ0v) is 16.9. The highest BCUT2D eigenvalue weighted by Crippen LogP contribution is 2.23. The van der Waals surface area contributed by atoms with Crippen LogP contribution in [0.4, 0.5) is 0 Å². The SMILES string of the molecule is C=CCCCC[N+](CCCCC=C)(Cc1ccccc1)Cc1ccccc1. The highest BCUT2D eigenvalue weighted by molar-refractivity contribution is 5.15. The molecule has 0 unspecified atom stereocenters. The monoisotopic (exact) mass is 362 g/mol. The van der Waals surface area contributed by atoms with Crippen molar-refractivity contribution >= 4 is 0 Å². The van der Waals surface area contributed by atoms with Crippen LogP contribution in [0.1, 0.15) is 49.7 Å². The van der Waals surface area contributed by atoms with Gasteiger partial charge in [0.25, 0.3) is 0 Å². The van der Waals surface area contributed by atoms with E-state index in [1.54, 1.807) is 0 Å². The predicted molar refractivity (Wildman–Crippen MR) is 118 cm³/mol. The summed E-state index contributed by atoms with van der Waals surface area (Å²) in [6.45, 7) is 12.4. The first-order chi connectivity index (χ1) is 13.3. The van der Waals surface area contributed by atoms with Crippen LogP contribution in [0.15, 0.2) is 86.0 Å². The minimum Gasteiger partial charge on any atom is -0.316 e. The van der Waals surface area contributed by atoms with E-state index < -0.39 is 0 Å². The summed E-state index contributed by atoms with van der Waals surface area (Å²) in [4.78, 5) is 0. The van der Waals surface area contributed by atoms with Crippen LogP contribution >= 0.6 is 0 Å². The summed E-state index contributed by atoms with van der Waals surface area (Å²) in [5.41, 5.74) is 2.89. The molecule has 27 heavy (non-hydrogen) atoms. The van der Waals surface area contributed by atoms with Crippen LogP contribution in [-0.4, -0.2) is 17.6 Å². The Balaban J connectivity index is 2.20. The van der Waals surface area contributed by atoms with Gasteiger partial charge in [-0.1, -0.05) is 72.8 Å². The van der Waals surface area contributed by atoms with Gasteiger partial charge >= 0.3 is 0 Å². The standard InChI is InChI=1S/C26H36N/c1-3-5-7-15-21-27(22-16-8-6-4-2,23-25-17-11-9-12-18-25)24-26-19-13-10-14-20-26/h3-4,9-14,17-20H,1-2,5-8,15-16,21-24H2/q+1. The van der Waals surface area contributed by atoms with Crippen LogP contribution in [0.25, 0.3) is 0 Å². The Morgan fingerprint density at radius 1 is 0.593 bits per heavy atom. The number of quaternary nitrogens is 1. The maximum atomic E-state index is 3.89. The molecule has 2 aromatic carbocycles. The molecular formula is C26H36N+. The van der Waals surface area contributed by atoms with Crippen LogP contribution < -0.4 is 0 Å². The average Bonchev–Trinajstić information content (AvgIpc) is 2.70. The van der Waals surface area contributed by atoms with Gasteiger partial charge in [-0.3, -0.25) is 0 Å². The summed E-state index contributed by atoms with van der Waals surface area (Å²) in [6, 6.07) is 22.0. The van der Waals surface area contributed by atoms with Gasteiger partial charge in [-0.15, -0.1) is 13.2 Å². The lowest BCUT2D eigenvalue weighted by atomic mass is 10.1. The number of allylic oxidation sites excluding steroid dienone is 2. The molecule has 0 heterocycles. The highest BCUT2D eigenvalue weighted by atomic mass is 15.3. The van der Waals surface area contributed by atoms with Gasteiger partial charge in [-0.25, -0.2) is 0 Å². The molecule has 0 N–H and O–H groups in total. The Bertz CT molecular complexity index is 585. The summed E-state index contributed by atoms with van der Waals surface area (Å²) in [6.07, 6.45) is 11.3. The molecule has 0 aromatic heterocycles. The lowest BCUT2D eigenvalue weighted by molar-refractivity contribution is -0.954. The molecule has 0 amide bonds. The normalized spacial score (nSPS) is 11.3. The van der Waals surface area contributed by atoms with Crippen LogP contribution in [0.2, 0.25) is 0 Å². The van der Waals surface area contributed by atoms with E-state index in [0.29, 0.717) is 0 Å². The molecule has 0 aliphatic carbocycles. The number of benzene rings is 2. The fourth-order valence-electron chi connectivity index (χ4n) is 3.90. The van der Waals surface area contributed by atoms with Gasteiger partial charge in [0.05, 0.1) is 13.1 Å². The molecule has 0 spiro atoms. The number of hydrogen-bond acceptors (Lipinski definition) is 0. The Hall–Kier alpha value is -2.12. The largest absolute Gasteiger partial charge is 0.316 e. The van der Waals surface area contributed by atoms with Crippen molar-refractivity contribution in [2.24, 2.45) is 0 Å². The molecular weight excluding hydrogens is 326 g/mol. The fraction of sp³-hybridized carbons (Fsp3) is 0.385. The van der Waals surface area contributed by atoms with Crippen molar-refractivity contribution in [3.8, 4) is 0 Å². The van der Waals surface area contributed by atoms with Gasteiger partial charge in [-0.05, 0) is 38.5 Å². The van der Waals surface area contributed by atoms with Gasteiger partial charge in [0.15, 0.2) is 0 Å². The predicted octanol–water partition coefficient (Wildman–Crippen LogP) is 6.92. The molecule has 2 rings (SSSR count). The molecule has 0 bridgehead atoms. The average molecular weight is 363 g/mol. The maximum absolute atomic E-state index is 3.89. The molecule has 1 heteroatoms. The zero-order valence-electron chi connectivity index (χ0n) is 16.9. The topological polar surface area (TPSA) is 0 Å². The van der Waals surface area contributed by atoms with E-state index in [9.17, 15) is 0 Å². The van der Waals surface area contributed by atoms with Crippen molar-refractivity contribution in [2.75, 3.05) is 13.1 Å². The van der Waals surface area contributed by atoms with Crippen molar-refractivity contribution in [1.29, 1.82) is 0 Å². The van der Waals surface area contributed by atoms with Gasteiger partial charge in [0.1, 0.15) is 13.1 Å². The Morgan fingerprint density at radius 2 is 1.00 bits per heavy atom. The first kappa shape index (κ1) is 21.2. The van der Waals surface area contributed by atoms with Gasteiger partial charge in [0.2, 0.25) is 0 Å². The molecule has 0 atom stereocenters. The van der Waals surface area contributed by atoms with E-state index in [2.05, 4.69) is 73.8 Å². The molecule has 1 nitrogen and oxygen atoms in total. The summed E-state index contributed by atoms with van der Waals surface area (Å²) < 4.78 is 1.14. The summed E-state index contributed by atoms with van der Waals surface area (Å²) in [5, 5.41) is 0. The summed E-state index contributed by atoms with van der Waals surface area (Å²) >= 11 is 0. The lowest BCUT2D eigenvalue weighted by Crippen LogP contribution is -2.48. The fourth-order valence-corrected chi connectivity index (χ4v) is 3.90. The van der Waals surface area contributed by atoms with Crippen LogP contribution in [0.3, 0.4) is 0 Å². The number of nitrogens with zero attached hydrogens (tertiary/aromatic N) is 1. The number of unbranched alkanes of at least 4 members (excludes halogenated alkanes) is 4. The van der Waals surface area contributed by atoms with E-state index in [1.807, 2.05) is 12.2 Å². The molecule has 144 valence electrons. The van der Waals surface area contributed by atoms with Crippen LogP contribution in [0, 0.1) is 0 Å². The van der Waals surface area contributed by atoms with E-state index >= 15 is 0 Å². The quantitative estimate of drug-likeness (QED) is 0.194. The summed E-state index contributed by atoms with van der Waals surface area (Å²) in [5.74, 6) is 0. The first-order valence-electron chi connectivity index (χ1n) is 10.4. The second kappa shape index (κ2) is 12.3. The molecule has 2 aromatic rings. The minimum absolute atomic E-state index is 1.11. The third-order valence-corrected chi connectivity index (χ3v) is 5.30. The van der Waals surface area contributed by atoms with Gasteiger partial charge in [-0.2, -0.15) is 0 Å². The zero-order chi connectivity index (χ0) is 19.2. The van der Waals surface area contributed by atoms with Crippen molar-refractivity contribution in [3.05, 3.63) is 97.1 Å². The van der Waals surface area contributed by atoms with E-state index in [1.165, 1.54) is 49.9 Å². The van der Waals surface area contributed by atoms with Crippen LogP contribution in [0.5, 0.6) is 0 Å². The smallest absolute Gasteiger partial charge is 0.105 e. The minimum atomic E-state index is 1.11. The van der Waals surface area contributed by atoms with Crippen molar-refractivity contribution in [1.82, 2.24) is 0 Å².